The highest BCUT2D eigenvalue weighted by Gasteiger charge is 2.30. The number of oxazole rings is 1. The Kier molecular flexibility index (Phi) is 6.27. The minimum atomic E-state index is -4.39. The number of aromatic nitrogens is 2. The van der Waals surface area contributed by atoms with Gasteiger partial charge in [0.2, 0.25) is 11.8 Å². The van der Waals surface area contributed by atoms with Crippen LogP contribution in [0.1, 0.15) is 35.4 Å². The Morgan fingerprint density at radius 3 is 2.47 bits per heavy atom. The lowest BCUT2D eigenvalue weighted by Gasteiger charge is -2.25. The van der Waals surface area contributed by atoms with Crippen LogP contribution in [0.15, 0.2) is 53.2 Å². The fraction of sp³-hybridized carbons (Fsp3) is 0.348. The largest absolute Gasteiger partial charge is 0.441 e. The fourth-order valence-electron chi connectivity index (χ4n) is 3.77. The summed E-state index contributed by atoms with van der Waals surface area (Å²) in [6.45, 7) is 3.55. The van der Waals surface area contributed by atoms with Gasteiger partial charge in [0.1, 0.15) is 5.76 Å². The van der Waals surface area contributed by atoms with E-state index in [1.165, 1.54) is 12.1 Å². The molecule has 4 rings (SSSR count). The van der Waals surface area contributed by atoms with Gasteiger partial charge in [-0.3, -0.25) is 14.7 Å². The second-order valence-corrected chi connectivity index (χ2v) is 7.93. The van der Waals surface area contributed by atoms with E-state index in [1.54, 1.807) is 19.3 Å². The van der Waals surface area contributed by atoms with Gasteiger partial charge < -0.3 is 9.73 Å². The summed E-state index contributed by atoms with van der Waals surface area (Å²) in [5.41, 5.74) is 1.55. The van der Waals surface area contributed by atoms with Crippen molar-refractivity contribution in [1.29, 1.82) is 0 Å². The van der Waals surface area contributed by atoms with Crippen LogP contribution in [-0.2, 0) is 24.1 Å². The molecule has 9 heteroatoms. The highest BCUT2D eigenvalue weighted by molar-refractivity contribution is 5.78. The molecule has 0 aliphatic carbocycles. The zero-order valence-electron chi connectivity index (χ0n) is 17.5. The molecule has 0 unspecified atom stereocenters. The molecule has 1 fully saturated rings. The molecule has 1 amide bonds. The third-order valence-corrected chi connectivity index (χ3v) is 5.44. The van der Waals surface area contributed by atoms with Gasteiger partial charge in [0.25, 0.3) is 0 Å². The molecule has 168 valence electrons. The fourth-order valence-corrected chi connectivity index (χ4v) is 3.77. The number of aryl methyl sites for hydroxylation is 1. The third-order valence-electron chi connectivity index (χ3n) is 5.44. The highest BCUT2D eigenvalue weighted by atomic mass is 19.4. The number of halogens is 3. The number of nitrogens with one attached hydrogen (secondary N) is 1. The van der Waals surface area contributed by atoms with Gasteiger partial charge in [-0.2, -0.15) is 13.2 Å². The minimum Gasteiger partial charge on any atom is -0.441 e. The van der Waals surface area contributed by atoms with Crippen LogP contribution in [0.2, 0.25) is 0 Å². The summed E-state index contributed by atoms with van der Waals surface area (Å²) in [4.78, 5) is 22.4. The number of carbonyl (C=O) groups excluding carboxylic acids is 1. The Morgan fingerprint density at radius 1 is 1.12 bits per heavy atom. The third kappa shape index (κ3) is 5.34. The maximum Gasteiger partial charge on any atom is 0.416 e. The van der Waals surface area contributed by atoms with Crippen molar-refractivity contribution >= 4 is 5.91 Å². The number of benzene rings is 1. The van der Waals surface area contributed by atoms with Crippen LogP contribution >= 0.6 is 0 Å². The number of amides is 1. The van der Waals surface area contributed by atoms with Crippen molar-refractivity contribution in [3.63, 3.8) is 0 Å². The minimum absolute atomic E-state index is 0.0565. The number of rotatable bonds is 7. The average molecular weight is 444 g/mol. The zero-order valence-corrected chi connectivity index (χ0v) is 17.5. The molecule has 3 heterocycles. The van der Waals surface area contributed by atoms with Crippen molar-refractivity contribution in [2.45, 2.75) is 45.1 Å². The molecular weight excluding hydrogens is 421 g/mol. The van der Waals surface area contributed by atoms with Gasteiger partial charge in [-0.05, 0) is 55.3 Å². The molecule has 1 saturated heterocycles. The van der Waals surface area contributed by atoms with E-state index in [4.69, 9.17) is 4.42 Å². The molecule has 32 heavy (non-hydrogen) atoms. The van der Waals surface area contributed by atoms with Crippen LogP contribution in [-0.4, -0.2) is 33.4 Å². The second kappa shape index (κ2) is 9.12. The number of alkyl halides is 3. The van der Waals surface area contributed by atoms with Crippen LogP contribution in [0.25, 0.3) is 11.5 Å². The van der Waals surface area contributed by atoms with Gasteiger partial charge in [-0.25, -0.2) is 4.98 Å². The standard InChI is InChI=1S/C23H23F3N4O2/c1-15-20(29-22(32-15)17-2-4-18(5-3-17)23(24,25)26)14-30(12-16-8-10-27-11-9-16)13-19-6-7-21(31)28-19/h2-5,8-11,19H,6-7,12-14H2,1H3,(H,28,31)/t19-/m0/s1. The van der Waals surface area contributed by atoms with E-state index in [0.29, 0.717) is 43.1 Å². The molecular formula is C23H23F3N4O2. The van der Waals surface area contributed by atoms with Crippen molar-refractivity contribution in [2.24, 2.45) is 0 Å². The van der Waals surface area contributed by atoms with Crippen molar-refractivity contribution < 1.29 is 22.4 Å². The van der Waals surface area contributed by atoms with Gasteiger partial charge in [-0.15, -0.1) is 0 Å². The van der Waals surface area contributed by atoms with E-state index in [2.05, 4.69) is 20.2 Å². The van der Waals surface area contributed by atoms with Crippen LogP contribution in [0, 0.1) is 6.92 Å². The summed E-state index contributed by atoms with van der Waals surface area (Å²) in [6.07, 6.45) is 0.373. The monoisotopic (exact) mass is 444 g/mol. The topological polar surface area (TPSA) is 71.3 Å². The quantitative estimate of drug-likeness (QED) is 0.587. The molecule has 1 N–H and O–H groups in total. The number of pyridine rings is 1. The molecule has 0 radical (unpaired) electrons. The average Bonchev–Trinajstić information content (AvgIpc) is 3.33. The summed E-state index contributed by atoms with van der Waals surface area (Å²) in [7, 11) is 0. The van der Waals surface area contributed by atoms with E-state index in [9.17, 15) is 18.0 Å². The van der Waals surface area contributed by atoms with Gasteiger partial charge in [0, 0.05) is 50.1 Å². The predicted molar refractivity (Wildman–Crippen MR) is 111 cm³/mol. The first kappa shape index (κ1) is 22.0. The van der Waals surface area contributed by atoms with Crippen LogP contribution < -0.4 is 5.32 Å². The first-order valence-electron chi connectivity index (χ1n) is 10.3. The van der Waals surface area contributed by atoms with Crippen molar-refractivity contribution in [2.75, 3.05) is 6.54 Å². The molecule has 1 aromatic carbocycles. The first-order chi connectivity index (χ1) is 15.3. The van der Waals surface area contributed by atoms with Crippen LogP contribution in [0.3, 0.4) is 0 Å². The normalized spacial score (nSPS) is 16.5. The summed E-state index contributed by atoms with van der Waals surface area (Å²) in [5.74, 6) is 0.945. The van der Waals surface area contributed by atoms with Gasteiger partial charge in [0.15, 0.2) is 0 Å². The molecule has 1 atom stereocenters. The Labute approximate surface area is 183 Å². The summed E-state index contributed by atoms with van der Waals surface area (Å²) in [5, 5.41) is 2.99. The molecule has 0 bridgehead atoms. The summed E-state index contributed by atoms with van der Waals surface area (Å²) < 4.78 is 44.3. The Balaban J connectivity index is 1.52. The lowest BCUT2D eigenvalue weighted by Crippen LogP contribution is -2.38. The van der Waals surface area contributed by atoms with Gasteiger partial charge in [0.05, 0.1) is 11.3 Å². The molecule has 3 aromatic rings. The molecule has 1 aliphatic heterocycles. The predicted octanol–water partition coefficient (Wildman–Crippen LogP) is 4.34. The summed E-state index contributed by atoms with van der Waals surface area (Å²) >= 11 is 0. The number of nitrogens with zero attached hydrogens (tertiary/aromatic N) is 3. The van der Waals surface area contributed by atoms with Gasteiger partial charge >= 0.3 is 6.18 Å². The lowest BCUT2D eigenvalue weighted by molar-refractivity contribution is -0.137. The maximum absolute atomic E-state index is 12.8. The molecule has 0 saturated carbocycles. The SMILES string of the molecule is Cc1oc(-c2ccc(C(F)(F)F)cc2)nc1CN(Cc1ccncc1)C[C@@H]1CCC(=O)N1. The van der Waals surface area contributed by atoms with E-state index < -0.39 is 11.7 Å². The lowest BCUT2D eigenvalue weighted by atomic mass is 10.1. The van der Waals surface area contributed by atoms with E-state index in [0.717, 1.165) is 24.1 Å². The maximum atomic E-state index is 12.8. The van der Waals surface area contributed by atoms with Crippen molar-refractivity contribution in [3.8, 4) is 11.5 Å². The second-order valence-electron chi connectivity index (χ2n) is 7.93. The Hall–Kier alpha value is -3.20. The van der Waals surface area contributed by atoms with Gasteiger partial charge in [-0.1, -0.05) is 0 Å². The van der Waals surface area contributed by atoms with E-state index in [1.807, 2.05) is 12.1 Å². The first-order valence-corrected chi connectivity index (χ1v) is 10.3. The number of hydrogen-bond donors (Lipinski definition) is 1. The van der Waals surface area contributed by atoms with Crippen molar-refractivity contribution in [3.05, 3.63) is 71.4 Å². The van der Waals surface area contributed by atoms with E-state index >= 15 is 0 Å². The Morgan fingerprint density at radius 2 is 1.84 bits per heavy atom. The van der Waals surface area contributed by atoms with Crippen LogP contribution in [0.4, 0.5) is 13.2 Å². The smallest absolute Gasteiger partial charge is 0.416 e. The number of hydrogen-bond acceptors (Lipinski definition) is 5. The molecule has 0 spiro atoms. The van der Waals surface area contributed by atoms with Crippen LogP contribution in [0.5, 0.6) is 0 Å². The summed E-state index contributed by atoms with van der Waals surface area (Å²) in [6, 6.07) is 8.69. The highest BCUT2D eigenvalue weighted by Crippen LogP contribution is 2.31. The van der Waals surface area contributed by atoms with E-state index in [-0.39, 0.29) is 17.8 Å². The molecule has 2 aromatic heterocycles. The Bertz CT molecular complexity index is 1070. The zero-order chi connectivity index (χ0) is 22.7. The number of carbonyl (C=O) groups is 1. The molecule has 1 aliphatic rings. The van der Waals surface area contributed by atoms with Crippen molar-refractivity contribution in [1.82, 2.24) is 20.2 Å². The molecule has 6 nitrogen and oxygen atoms in total.